The molecule has 8 heteroatoms. The van der Waals surface area contributed by atoms with Crippen LogP contribution in [0.4, 0.5) is 0 Å². The number of nitrogens with one attached hydrogen (secondary N) is 1. The molecular formula is C17H24N2O4S2. The number of rotatable bonds is 7. The Labute approximate surface area is 153 Å². The summed E-state index contributed by atoms with van der Waals surface area (Å²) in [5.74, 6) is -0.199. The highest BCUT2D eigenvalue weighted by atomic mass is 32.2. The average Bonchev–Trinajstić information content (AvgIpc) is 2.62. The molecule has 6 nitrogen and oxygen atoms in total. The summed E-state index contributed by atoms with van der Waals surface area (Å²) < 4.78 is 24.4. The lowest BCUT2D eigenvalue weighted by Gasteiger charge is -2.31. The van der Waals surface area contributed by atoms with Crippen LogP contribution in [0, 0.1) is 0 Å². The fourth-order valence-electron chi connectivity index (χ4n) is 2.77. The Morgan fingerprint density at radius 1 is 1.20 bits per heavy atom. The fourth-order valence-corrected chi connectivity index (χ4v) is 5.30. The summed E-state index contributed by atoms with van der Waals surface area (Å²) in [6.45, 7) is 0.874. The summed E-state index contributed by atoms with van der Waals surface area (Å²) in [4.78, 5) is 26.5. The number of thioether (sulfide) groups is 1. The molecule has 0 spiro atoms. The van der Waals surface area contributed by atoms with Crippen molar-refractivity contribution in [2.24, 2.45) is 0 Å². The second-order valence-electron chi connectivity index (χ2n) is 5.97. The van der Waals surface area contributed by atoms with Crippen LogP contribution < -0.4 is 5.32 Å². The molecule has 2 rings (SSSR count). The maximum absolute atomic E-state index is 12.3. The number of carbonyl (C=O) groups is 2. The molecule has 0 aliphatic carbocycles. The molecule has 1 aliphatic rings. The van der Waals surface area contributed by atoms with Gasteiger partial charge in [0.05, 0.1) is 5.25 Å². The largest absolute Gasteiger partial charge is 0.358 e. The Morgan fingerprint density at radius 3 is 2.44 bits per heavy atom. The van der Waals surface area contributed by atoms with Gasteiger partial charge in [0.2, 0.25) is 11.8 Å². The van der Waals surface area contributed by atoms with Crippen LogP contribution in [0.3, 0.4) is 0 Å². The lowest BCUT2D eigenvalue weighted by Crippen LogP contribution is -2.44. The highest BCUT2D eigenvalue weighted by Gasteiger charge is 2.32. The van der Waals surface area contributed by atoms with E-state index in [0.717, 1.165) is 4.90 Å². The van der Waals surface area contributed by atoms with Gasteiger partial charge < -0.3 is 10.2 Å². The summed E-state index contributed by atoms with van der Waals surface area (Å²) >= 11 is 1.64. The maximum Gasteiger partial charge on any atom is 0.234 e. The second-order valence-corrected chi connectivity index (χ2v) is 9.42. The van der Waals surface area contributed by atoms with Crippen LogP contribution in [0.25, 0.3) is 0 Å². The van der Waals surface area contributed by atoms with Crippen molar-refractivity contribution >= 4 is 33.4 Å². The second kappa shape index (κ2) is 9.24. The van der Waals surface area contributed by atoms with Gasteiger partial charge in [0.1, 0.15) is 5.75 Å². The van der Waals surface area contributed by atoms with Gasteiger partial charge in [0.15, 0.2) is 9.84 Å². The zero-order chi connectivity index (χ0) is 18.3. The summed E-state index contributed by atoms with van der Waals surface area (Å²) in [7, 11) is -2.03. The molecule has 1 heterocycles. The third-order valence-electron chi connectivity index (χ3n) is 4.24. The number of benzene rings is 1. The van der Waals surface area contributed by atoms with E-state index in [1.807, 2.05) is 30.3 Å². The van der Waals surface area contributed by atoms with Crippen molar-refractivity contribution in [1.29, 1.82) is 0 Å². The van der Waals surface area contributed by atoms with Gasteiger partial charge in [-0.15, -0.1) is 11.8 Å². The van der Waals surface area contributed by atoms with Crippen LogP contribution in [0.1, 0.15) is 19.3 Å². The zero-order valence-electron chi connectivity index (χ0n) is 14.3. The van der Waals surface area contributed by atoms with Gasteiger partial charge >= 0.3 is 0 Å². The predicted octanol–water partition coefficient (Wildman–Crippen LogP) is 1.32. The Balaban J connectivity index is 1.75. The van der Waals surface area contributed by atoms with E-state index in [1.54, 1.807) is 16.7 Å². The van der Waals surface area contributed by atoms with Crippen LogP contribution in [0.15, 0.2) is 35.2 Å². The van der Waals surface area contributed by atoms with Crippen LogP contribution in [-0.2, 0) is 19.4 Å². The van der Waals surface area contributed by atoms with E-state index in [0.29, 0.717) is 38.1 Å². The number of amides is 2. The van der Waals surface area contributed by atoms with Gasteiger partial charge in [0.25, 0.3) is 0 Å². The first kappa shape index (κ1) is 19.8. The minimum Gasteiger partial charge on any atom is -0.358 e. The lowest BCUT2D eigenvalue weighted by molar-refractivity contribution is -0.131. The van der Waals surface area contributed by atoms with Crippen molar-refractivity contribution < 1.29 is 18.0 Å². The number of nitrogens with zero attached hydrogens (tertiary/aromatic N) is 1. The first-order valence-corrected chi connectivity index (χ1v) is 11.0. The molecule has 0 aromatic heterocycles. The Kier molecular flexibility index (Phi) is 7.31. The lowest BCUT2D eigenvalue weighted by atomic mass is 10.1. The van der Waals surface area contributed by atoms with Crippen LogP contribution in [-0.4, -0.2) is 62.0 Å². The van der Waals surface area contributed by atoms with Crippen molar-refractivity contribution in [1.82, 2.24) is 10.2 Å². The van der Waals surface area contributed by atoms with Gasteiger partial charge in [-0.2, -0.15) is 0 Å². The molecule has 2 amide bonds. The monoisotopic (exact) mass is 384 g/mol. The summed E-state index contributed by atoms with van der Waals surface area (Å²) in [5.41, 5.74) is 0. The molecular weight excluding hydrogens is 360 g/mol. The standard InChI is InChI=1S/C17H24N2O4S2/c1-18-16(20)13-25(22,23)15-7-10-19(11-8-15)17(21)9-12-24-14-5-3-2-4-6-14/h2-6,15H,7-13H2,1H3,(H,18,20). The molecule has 1 saturated heterocycles. The number of hydrogen-bond donors (Lipinski definition) is 1. The first-order valence-electron chi connectivity index (χ1n) is 8.30. The molecule has 0 atom stereocenters. The topological polar surface area (TPSA) is 83.6 Å². The zero-order valence-corrected chi connectivity index (χ0v) is 15.9. The van der Waals surface area contributed by atoms with Crippen molar-refractivity contribution in [3.05, 3.63) is 30.3 Å². The van der Waals surface area contributed by atoms with Crippen LogP contribution >= 0.6 is 11.8 Å². The van der Waals surface area contributed by atoms with Crippen molar-refractivity contribution in [2.45, 2.75) is 29.4 Å². The molecule has 1 aliphatic heterocycles. The van der Waals surface area contributed by atoms with Gasteiger partial charge in [-0.25, -0.2) is 8.42 Å². The molecule has 1 N–H and O–H groups in total. The van der Waals surface area contributed by atoms with Crippen LogP contribution in [0.2, 0.25) is 0 Å². The van der Waals surface area contributed by atoms with Crippen LogP contribution in [0.5, 0.6) is 0 Å². The number of carbonyl (C=O) groups excluding carboxylic acids is 2. The van der Waals surface area contributed by atoms with E-state index in [-0.39, 0.29) is 5.91 Å². The Hall–Kier alpha value is -1.54. The van der Waals surface area contributed by atoms with E-state index in [4.69, 9.17) is 0 Å². The van der Waals surface area contributed by atoms with E-state index >= 15 is 0 Å². The normalized spacial score (nSPS) is 15.8. The number of sulfone groups is 1. The fraction of sp³-hybridized carbons (Fsp3) is 0.529. The predicted molar refractivity (Wildman–Crippen MR) is 99.2 cm³/mol. The Morgan fingerprint density at radius 2 is 1.84 bits per heavy atom. The maximum atomic E-state index is 12.3. The quantitative estimate of drug-likeness (QED) is 0.717. The van der Waals surface area contributed by atoms with E-state index in [1.165, 1.54) is 7.05 Å². The number of likely N-dealkylation sites (tertiary alicyclic amines) is 1. The molecule has 138 valence electrons. The highest BCUT2D eigenvalue weighted by Crippen LogP contribution is 2.21. The van der Waals surface area contributed by atoms with Gasteiger partial charge in [-0.3, -0.25) is 9.59 Å². The van der Waals surface area contributed by atoms with Gasteiger partial charge in [0, 0.05) is 37.2 Å². The first-order chi connectivity index (χ1) is 11.9. The van der Waals surface area contributed by atoms with Crippen molar-refractivity contribution in [2.75, 3.05) is 31.6 Å². The summed E-state index contributed by atoms with van der Waals surface area (Å²) in [5, 5.41) is 1.80. The average molecular weight is 385 g/mol. The molecule has 0 saturated carbocycles. The molecule has 1 aromatic carbocycles. The molecule has 1 fully saturated rings. The SMILES string of the molecule is CNC(=O)CS(=O)(=O)C1CCN(C(=O)CCSc2ccccc2)CC1. The van der Waals surface area contributed by atoms with Gasteiger partial charge in [-0.1, -0.05) is 18.2 Å². The third kappa shape index (κ3) is 6.04. The number of piperidine rings is 1. The van der Waals surface area contributed by atoms with Gasteiger partial charge in [-0.05, 0) is 25.0 Å². The number of hydrogen-bond acceptors (Lipinski definition) is 5. The smallest absolute Gasteiger partial charge is 0.234 e. The highest BCUT2D eigenvalue weighted by molar-refractivity contribution is 7.99. The van der Waals surface area contributed by atoms with E-state index < -0.39 is 26.7 Å². The summed E-state index contributed by atoms with van der Waals surface area (Å²) in [6, 6.07) is 9.91. The molecule has 25 heavy (non-hydrogen) atoms. The third-order valence-corrected chi connectivity index (χ3v) is 7.41. The van der Waals surface area contributed by atoms with E-state index in [9.17, 15) is 18.0 Å². The molecule has 0 radical (unpaired) electrons. The molecule has 0 unspecified atom stereocenters. The van der Waals surface area contributed by atoms with Crippen molar-refractivity contribution in [3.8, 4) is 0 Å². The minimum absolute atomic E-state index is 0.0607. The Bertz CT molecular complexity index is 684. The van der Waals surface area contributed by atoms with E-state index in [2.05, 4.69) is 5.32 Å². The molecule has 0 bridgehead atoms. The minimum atomic E-state index is -3.45. The summed E-state index contributed by atoms with van der Waals surface area (Å²) in [6.07, 6.45) is 1.24. The molecule has 1 aromatic rings. The van der Waals surface area contributed by atoms with Crippen molar-refractivity contribution in [3.63, 3.8) is 0 Å².